The Balaban J connectivity index is 1.61. The quantitative estimate of drug-likeness (QED) is 0.170. The number of thiophene rings is 2. The summed E-state index contributed by atoms with van der Waals surface area (Å²) in [4.78, 5) is 2.22. The second-order valence-electron chi connectivity index (χ2n) is 10.2. The minimum absolute atomic E-state index is 0.591. The number of halogens is 5. The van der Waals surface area contributed by atoms with Crippen LogP contribution in [0.15, 0.2) is 68.2 Å². The Morgan fingerprint density at radius 1 is 0.538 bits per heavy atom. The summed E-state index contributed by atoms with van der Waals surface area (Å²) in [5, 5.41) is 2.15. The highest BCUT2D eigenvalue weighted by molar-refractivity contribution is 9.11. The van der Waals surface area contributed by atoms with Gasteiger partial charge in [-0.05, 0) is 127 Å². The molecule has 2 aliphatic rings. The molecule has 0 unspecified atom stereocenters. The van der Waals surface area contributed by atoms with E-state index in [0.29, 0.717) is 11.1 Å². The van der Waals surface area contributed by atoms with Gasteiger partial charge in [0, 0.05) is 32.0 Å². The van der Waals surface area contributed by atoms with Gasteiger partial charge in [0.2, 0.25) is 0 Å². The number of hydrogen-bond acceptors (Lipinski definition) is 2. The summed E-state index contributed by atoms with van der Waals surface area (Å²) in [5.74, 6) is 0. The number of alkyl halides is 3. The van der Waals surface area contributed by atoms with Crippen molar-refractivity contribution in [2.24, 2.45) is 0 Å². The summed E-state index contributed by atoms with van der Waals surface area (Å²) in [7, 11) is 0. The first-order valence-electron chi connectivity index (χ1n) is 12.3. The lowest BCUT2D eigenvalue weighted by Crippen LogP contribution is -2.15. The Bertz CT molecular complexity index is 1990. The van der Waals surface area contributed by atoms with Gasteiger partial charge in [-0.1, -0.05) is 35.4 Å². The lowest BCUT2D eigenvalue weighted by atomic mass is 9.97. The Hall–Kier alpha value is -2.45. The number of aryl methyl sites for hydroxylation is 3. The molecule has 0 saturated heterocycles. The molecule has 0 N–H and O–H groups in total. The average Bonchev–Trinajstić information content (AvgIpc) is 3.54. The molecular formula is C32H19Br2F3S2. The van der Waals surface area contributed by atoms with Crippen molar-refractivity contribution in [2.45, 2.75) is 26.9 Å². The molecule has 0 spiro atoms. The minimum Gasteiger partial charge on any atom is -0.166 e. The zero-order valence-electron chi connectivity index (χ0n) is 21.0. The van der Waals surface area contributed by atoms with Gasteiger partial charge in [-0.3, -0.25) is 0 Å². The number of benzene rings is 3. The summed E-state index contributed by atoms with van der Waals surface area (Å²) >= 11 is 10.6. The first-order chi connectivity index (χ1) is 18.5. The predicted molar refractivity (Wildman–Crippen MR) is 163 cm³/mol. The Morgan fingerprint density at radius 3 is 1.44 bits per heavy atom. The molecule has 0 amide bonds. The van der Waals surface area contributed by atoms with E-state index >= 15 is 0 Å². The maximum atomic E-state index is 13.8. The molecule has 2 aliphatic carbocycles. The van der Waals surface area contributed by atoms with Crippen LogP contribution >= 0.6 is 54.5 Å². The molecule has 3 aromatic carbocycles. The molecular weight excluding hydrogens is 665 g/mol. The fraction of sp³-hybridized carbons (Fsp3) is 0.125. The first-order valence-corrected chi connectivity index (χ1v) is 15.5. The van der Waals surface area contributed by atoms with Crippen LogP contribution in [0.5, 0.6) is 0 Å². The van der Waals surface area contributed by atoms with E-state index in [2.05, 4.69) is 88.2 Å². The van der Waals surface area contributed by atoms with Crippen molar-refractivity contribution in [1.82, 2.24) is 0 Å². The Morgan fingerprint density at radius 2 is 0.974 bits per heavy atom. The summed E-state index contributed by atoms with van der Waals surface area (Å²) in [5.41, 5.74) is 10.7. The van der Waals surface area contributed by atoms with Crippen molar-refractivity contribution < 1.29 is 13.2 Å². The summed E-state index contributed by atoms with van der Waals surface area (Å²) < 4.78 is 43.5. The molecule has 7 rings (SSSR count). The lowest BCUT2D eigenvalue weighted by molar-refractivity contribution is -0.137. The van der Waals surface area contributed by atoms with Crippen molar-refractivity contribution in [1.29, 1.82) is 0 Å². The highest BCUT2D eigenvalue weighted by atomic mass is 79.9. The van der Waals surface area contributed by atoms with Crippen molar-refractivity contribution in [3.8, 4) is 22.3 Å². The van der Waals surface area contributed by atoms with E-state index in [9.17, 15) is 13.2 Å². The van der Waals surface area contributed by atoms with Crippen LogP contribution in [0.4, 0.5) is 13.2 Å². The van der Waals surface area contributed by atoms with Gasteiger partial charge in [-0.25, -0.2) is 0 Å². The van der Waals surface area contributed by atoms with E-state index in [4.69, 9.17) is 0 Å². The van der Waals surface area contributed by atoms with Gasteiger partial charge in [-0.2, -0.15) is 13.2 Å². The van der Waals surface area contributed by atoms with Crippen LogP contribution in [-0.4, -0.2) is 0 Å². The molecule has 0 saturated carbocycles. The van der Waals surface area contributed by atoms with Crippen LogP contribution in [-0.2, 0) is 6.18 Å². The summed E-state index contributed by atoms with van der Waals surface area (Å²) in [6.45, 7) is 5.96. The average molecular weight is 684 g/mol. The van der Waals surface area contributed by atoms with Crippen LogP contribution in [0.3, 0.4) is 0 Å². The zero-order chi connectivity index (χ0) is 27.4. The van der Waals surface area contributed by atoms with Crippen LogP contribution in [0.2, 0.25) is 0 Å². The molecule has 39 heavy (non-hydrogen) atoms. The van der Waals surface area contributed by atoms with Crippen molar-refractivity contribution in [3.05, 3.63) is 122 Å². The van der Waals surface area contributed by atoms with Crippen LogP contribution in [0, 0.1) is 20.8 Å². The molecule has 0 radical (unpaired) electrons. The number of rotatable bonds is 2. The standard InChI is InChI=1S/C32H19Br2F3S2/c1-14-4-15(2)6-17(5-14)28-22-10-21-23(11-20(22)24-12-26(33)38-30(24)28)29(31-25(21)13-27(34)39-31)18-7-16(3)8-19(9-18)32(35,36)37/h4-13H,1-3H3. The molecule has 194 valence electrons. The molecule has 7 heteroatoms. The van der Waals surface area contributed by atoms with E-state index in [1.807, 2.05) is 6.07 Å². The van der Waals surface area contributed by atoms with Crippen molar-refractivity contribution in [2.75, 3.05) is 0 Å². The van der Waals surface area contributed by atoms with Crippen molar-refractivity contribution in [3.63, 3.8) is 0 Å². The third-order valence-electron chi connectivity index (χ3n) is 7.34. The van der Waals surface area contributed by atoms with Gasteiger partial charge in [0.1, 0.15) is 0 Å². The molecule has 2 heterocycles. The maximum absolute atomic E-state index is 13.8. The second kappa shape index (κ2) is 8.77. The van der Waals surface area contributed by atoms with Gasteiger partial charge >= 0.3 is 6.18 Å². The largest absolute Gasteiger partial charge is 0.416 e. The highest BCUT2D eigenvalue weighted by Crippen LogP contribution is 2.47. The first kappa shape index (κ1) is 25.5. The van der Waals surface area contributed by atoms with Gasteiger partial charge in [0.05, 0.1) is 13.1 Å². The van der Waals surface area contributed by atoms with E-state index < -0.39 is 11.7 Å². The minimum atomic E-state index is -4.41. The van der Waals surface area contributed by atoms with E-state index in [1.54, 1.807) is 29.6 Å². The van der Waals surface area contributed by atoms with Crippen LogP contribution in [0.25, 0.3) is 33.4 Å². The predicted octanol–water partition coefficient (Wildman–Crippen LogP) is 9.73. The van der Waals surface area contributed by atoms with Gasteiger partial charge in [0.15, 0.2) is 0 Å². The van der Waals surface area contributed by atoms with Crippen LogP contribution in [0.1, 0.15) is 43.1 Å². The Labute approximate surface area is 248 Å². The molecule has 0 aliphatic heterocycles. The molecule has 0 nitrogen and oxygen atoms in total. The van der Waals surface area contributed by atoms with Gasteiger partial charge in [0.25, 0.3) is 0 Å². The van der Waals surface area contributed by atoms with E-state index in [-0.39, 0.29) is 0 Å². The van der Waals surface area contributed by atoms with Crippen LogP contribution < -0.4 is 10.4 Å². The molecule has 0 bridgehead atoms. The third kappa shape index (κ3) is 4.04. The second-order valence-corrected chi connectivity index (χ2v) is 15.1. The zero-order valence-corrected chi connectivity index (χ0v) is 25.8. The van der Waals surface area contributed by atoms with E-state index in [1.165, 1.54) is 44.5 Å². The maximum Gasteiger partial charge on any atom is 0.416 e. The SMILES string of the molecule is Cc1cc(C)cc(C2=c3cc4c(cc3-c3cc(Br)sc32)=C(c2cc(C)cc(C(F)(F)F)c2)c2sc(Br)cc2-4)c1. The molecule has 5 aromatic rings. The smallest absolute Gasteiger partial charge is 0.166 e. The Kier molecular flexibility index (Phi) is 5.74. The van der Waals surface area contributed by atoms with Gasteiger partial charge < -0.3 is 0 Å². The lowest BCUT2D eigenvalue weighted by Gasteiger charge is -2.12. The van der Waals surface area contributed by atoms with E-state index in [0.717, 1.165) is 45.5 Å². The fourth-order valence-corrected chi connectivity index (χ4v) is 9.37. The highest BCUT2D eigenvalue weighted by Gasteiger charge is 2.33. The monoisotopic (exact) mass is 682 g/mol. The molecule has 2 aromatic heterocycles. The van der Waals surface area contributed by atoms with Gasteiger partial charge in [-0.15, -0.1) is 22.7 Å². The molecule has 0 fully saturated rings. The topological polar surface area (TPSA) is 0 Å². The molecule has 0 atom stereocenters. The third-order valence-corrected chi connectivity index (χ3v) is 10.6. The number of fused-ring (bicyclic) bond motifs is 6. The summed E-state index contributed by atoms with van der Waals surface area (Å²) in [6, 6.07) is 19.7. The fourth-order valence-electron chi connectivity index (χ4n) is 5.98. The normalized spacial score (nSPS) is 13.5. The number of hydrogen-bond donors (Lipinski definition) is 0. The summed E-state index contributed by atoms with van der Waals surface area (Å²) in [6.07, 6.45) is -4.41. The van der Waals surface area contributed by atoms with Crippen molar-refractivity contribution >= 4 is 65.7 Å².